The molecule has 1 amide bonds. The molecule has 0 bridgehead atoms. The molecular weight excluding hydrogens is 316 g/mol. The summed E-state index contributed by atoms with van der Waals surface area (Å²) in [6.07, 6.45) is 1.73. The van der Waals surface area contributed by atoms with Crippen LogP contribution in [-0.2, 0) is 6.54 Å². The first kappa shape index (κ1) is 17.5. The smallest absolute Gasteiger partial charge is 0.251 e. The van der Waals surface area contributed by atoms with Crippen LogP contribution in [0.2, 0.25) is 0 Å². The first-order valence-electron chi connectivity index (χ1n) is 8.68. The van der Waals surface area contributed by atoms with Crippen LogP contribution in [0.1, 0.15) is 40.4 Å². The van der Waals surface area contributed by atoms with E-state index in [2.05, 4.69) is 10.2 Å². The number of rotatable bonds is 6. The molecule has 1 heterocycles. The third-order valence-electron chi connectivity index (χ3n) is 4.55. The summed E-state index contributed by atoms with van der Waals surface area (Å²) in [6, 6.07) is 13.9. The lowest BCUT2D eigenvalue weighted by molar-refractivity contribution is 0.0916. The average molecular weight is 340 g/mol. The Kier molecular flexibility index (Phi) is 5.68. The molecule has 0 radical (unpaired) electrons. The first-order chi connectivity index (χ1) is 12.1. The Hall–Kier alpha value is -2.37. The minimum Gasteiger partial charge on any atom is -0.508 e. The van der Waals surface area contributed by atoms with Crippen molar-refractivity contribution in [1.82, 2.24) is 10.2 Å². The molecule has 1 aliphatic heterocycles. The number of phenols is 1. The van der Waals surface area contributed by atoms with Crippen molar-refractivity contribution in [3.63, 3.8) is 0 Å². The zero-order valence-electron chi connectivity index (χ0n) is 14.2. The van der Waals surface area contributed by atoms with Gasteiger partial charge in [0.15, 0.2) is 0 Å². The molecule has 2 aromatic rings. The molecular formula is C20H24N2O3. The number of aromatic hydroxyl groups is 1. The van der Waals surface area contributed by atoms with Crippen molar-refractivity contribution in [1.29, 1.82) is 0 Å². The lowest BCUT2D eigenvalue weighted by Gasteiger charge is -2.15. The lowest BCUT2D eigenvalue weighted by atomic mass is 10.1. The highest BCUT2D eigenvalue weighted by atomic mass is 16.3. The number of hydrogen-bond donors (Lipinski definition) is 3. The average Bonchev–Trinajstić information content (AvgIpc) is 3.13. The molecule has 25 heavy (non-hydrogen) atoms. The molecule has 0 saturated carbocycles. The Morgan fingerprint density at radius 3 is 2.32 bits per heavy atom. The predicted molar refractivity (Wildman–Crippen MR) is 96.4 cm³/mol. The van der Waals surface area contributed by atoms with Crippen molar-refractivity contribution in [3.05, 3.63) is 65.2 Å². The Morgan fingerprint density at radius 1 is 1.04 bits per heavy atom. The minimum atomic E-state index is -0.806. The number of amides is 1. The highest BCUT2D eigenvalue weighted by molar-refractivity contribution is 5.94. The Labute approximate surface area is 147 Å². The van der Waals surface area contributed by atoms with E-state index in [1.165, 1.54) is 30.5 Å². The maximum Gasteiger partial charge on any atom is 0.251 e. The fourth-order valence-electron chi connectivity index (χ4n) is 3.07. The van der Waals surface area contributed by atoms with Gasteiger partial charge in [-0.25, -0.2) is 0 Å². The van der Waals surface area contributed by atoms with Crippen LogP contribution >= 0.6 is 0 Å². The van der Waals surface area contributed by atoms with E-state index in [0.717, 1.165) is 19.6 Å². The monoisotopic (exact) mass is 340 g/mol. The Balaban J connectivity index is 1.51. The number of aliphatic hydroxyl groups is 1. The van der Waals surface area contributed by atoms with Crippen molar-refractivity contribution in [2.75, 3.05) is 19.6 Å². The van der Waals surface area contributed by atoms with E-state index in [1.54, 1.807) is 12.1 Å². The van der Waals surface area contributed by atoms with E-state index in [1.807, 2.05) is 24.3 Å². The number of nitrogens with one attached hydrogen (secondary N) is 1. The second-order valence-electron chi connectivity index (χ2n) is 6.50. The van der Waals surface area contributed by atoms with E-state index >= 15 is 0 Å². The van der Waals surface area contributed by atoms with E-state index in [9.17, 15) is 15.0 Å². The maximum absolute atomic E-state index is 12.2. The van der Waals surface area contributed by atoms with Crippen LogP contribution in [0.15, 0.2) is 48.5 Å². The number of nitrogens with zero attached hydrogens (tertiary/aromatic N) is 1. The number of hydrogen-bond acceptors (Lipinski definition) is 4. The summed E-state index contributed by atoms with van der Waals surface area (Å²) in [5.41, 5.74) is 2.45. The number of carbonyl (C=O) groups is 1. The van der Waals surface area contributed by atoms with Crippen LogP contribution in [0.3, 0.4) is 0 Å². The van der Waals surface area contributed by atoms with Gasteiger partial charge >= 0.3 is 0 Å². The topological polar surface area (TPSA) is 72.8 Å². The number of carbonyl (C=O) groups excluding carboxylic acids is 1. The standard InChI is InChI=1S/C20H24N2O3/c23-18-9-7-16(8-10-18)19(24)13-21-20(25)17-5-3-15(4-6-17)14-22-11-1-2-12-22/h3-10,19,23-24H,1-2,11-14H2,(H,21,25)/t19-/m0/s1. The molecule has 2 aromatic carbocycles. The van der Waals surface area contributed by atoms with Crippen LogP contribution in [0, 0.1) is 0 Å². The molecule has 5 heteroatoms. The van der Waals surface area contributed by atoms with Gasteiger partial charge in [-0.05, 0) is 61.3 Å². The summed E-state index contributed by atoms with van der Waals surface area (Å²) in [6.45, 7) is 3.36. The van der Waals surface area contributed by atoms with Crippen molar-refractivity contribution in [2.24, 2.45) is 0 Å². The quantitative estimate of drug-likeness (QED) is 0.755. The lowest BCUT2D eigenvalue weighted by Crippen LogP contribution is -2.28. The highest BCUT2D eigenvalue weighted by Crippen LogP contribution is 2.16. The van der Waals surface area contributed by atoms with Gasteiger partial charge in [-0.15, -0.1) is 0 Å². The van der Waals surface area contributed by atoms with Gasteiger partial charge < -0.3 is 15.5 Å². The highest BCUT2D eigenvalue weighted by Gasteiger charge is 2.13. The molecule has 3 N–H and O–H groups in total. The van der Waals surface area contributed by atoms with E-state index < -0.39 is 6.10 Å². The summed E-state index contributed by atoms with van der Waals surface area (Å²) < 4.78 is 0. The van der Waals surface area contributed by atoms with Gasteiger partial charge in [-0.1, -0.05) is 24.3 Å². The first-order valence-corrected chi connectivity index (χ1v) is 8.68. The molecule has 1 atom stereocenters. The summed E-state index contributed by atoms with van der Waals surface area (Å²) in [7, 11) is 0. The SMILES string of the molecule is O=C(NC[C@H](O)c1ccc(O)cc1)c1ccc(CN2CCCC2)cc1. The van der Waals surface area contributed by atoms with Crippen LogP contribution in [0.25, 0.3) is 0 Å². The van der Waals surface area contributed by atoms with Gasteiger partial charge in [0, 0.05) is 18.7 Å². The van der Waals surface area contributed by atoms with E-state index in [4.69, 9.17) is 0 Å². The summed E-state index contributed by atoms with van der Waals surface area (Å²) in [4.78, 5) is 14.6. The zero-order valence-corrected chi connectivity index (χ0v) is 14.2. The van der Waals surface area contributed by atoms with Gasteiger partial charge in [-0.2, -0.15) is 0 Å². The minimum absolute atomic E-state index is 0.124. The van der Waals surface area contributed by atoms with Gasteiger partial charge in [0.05, 0.1) is 6.10 Å². The molecule has 0 unspecified atom stereocenters. The van der Waals surface area contributed by atoms with Crippen molar-refractivity contribution in [3.8, 4) is 5.75 Å². The Morgan fingerprint density at radius 2 is 1.68 bits per heavy atom. The molecule has 3 rings (SSSR count). The summed E-state index contributed by atoms with van der Waals surface area (Å²) >= 11 is 0. The van der Waals surface area contributed by atoms with Crippen molar-refractivity contribution in [2.45, 2.75) is 25.5 Å². The van der Waals surface area contributed by atoms with Crippen LogP contribution in [-0.4, -0.2) is 40.7 Å². The molecule has 0 aromatic heterocycles. The largest absolute Gasteiger partial charge is 0.508 e. The molecule has 1 fully saturated rings. The molecule has 1 saturated heterocycles. The van der Waals surface area contributed by atoms with Crippen LogP contribution in [0.4, 0.5) is 0 Å². The number of benzene rings is 2. The van der Waals surface area contributed by atoms with Crippen LogP contribution < -0.4 is 5.32 Å². The number of phenolic OH excluding ortho intramolecular Hbond substituents is 1. The normalized spacial score (nSPS) is 15.9. The third kappa shape index (κ3) is 4.81. The third-order valence-corrected chi connectivity index (χ3v) is 4.55. The second-order valence-corrected chi connectivity index (χ2v) is 6.50. The number of aliphatic hydroxyl groups excluding tert-OH is 1. The second kappa shape index (κ2) is 8.14. The number of likely N-dealkylation sites (tertiary alicyclic amines) is 1. The molecule has 0 spiro atoms. The zero-order chi connectivity index (χ0) is 17.6. The maximum atomic E-state index is 12.2. The molecule has 0 aliphatic carbocycles. The van der Waals surface area contributed by atoms with Crippen molar-refractivity contribution < 1.29 is 15.0 Å². The fraction of sp³-hybridized carbons (Fsp3) is 0.350. The predicted octanol–water partition coefficient (Wildman–Crippen LogP) is 2.45. The Bertz CT molecular complexity index is 692. The summed E-state index contributed by atoms with van der Waals surface area (Å²) in [5, 5.41) is 22.1. The molecule has 1 aliphatic rings. The van der Waals surface area contributed by atoms with E-state index in [0.29, 0.717) is 11.1 Å². The summed E-state index contributed by atoms with van der Waals surface area (Å²) in [5.74, 6) is -0.0560. The van der Waals surface area contributed by atoms with Crippen molar-refractivity contribution >= 4 is 5.91 Å². The molecule has 132 valence electrons. The van der Waals surface area contributed by atoms with Gasteiger partial charge in [0.1, 0.15) is 5.75 Å². The van der Waals surface area contributed by atoms with Gasteiger partial charge in [0.25, 0.3) is 5.91 Å². The van der Waals surface area contributed by atoms with Crippen LogP contribution in [0.5, 0.6) is 5.75 Å². The van der Waals surface area contributed by atoms with E-state index in [-0.39, 0.29) is 18.2 Å². The van der Waals surface area contributed by atoms with Gasteiger partial charge in [0.2, 0.25) is 0 Å². The van der Waals surface area contributed by atoms with Gasteiger partial charge in [-0.3, -0.25) is 9.69 Å². The fourth-order valence-corrected chi connectivity index (χ4v) is 3.07. The molecule has 5 nitrogen and oxygen atoms in total.